The summed E-state index contributed by atoms with van der Waals surface area (Å²) in [5, 5.41) is 3.48. The molecule has 0 spiro atoms. The van der Waals surface area contributed by atoms with Crippen LogP contribution in [0, 0.1) is 11.6 Å². The van der Waals surface area contributed by atoms with Crippen molar-refractivity contribution in [1.29, 1.82) is 0 Å². The second kappa shape index (κ2) is 9.52. The molecule has 37 heavy (non-hydrogen) atoms. The summed E-state index contributed by atoms with van der Waals surface area (Å²) >= 11 is 1.02. The number of benzene rings is 1. The number of halogens is 5. The Labute approximate surface area is 213 Å². The van der Waals surface area contributed by atoms with E-state index in [0.29, 0.717) is 25.4 Å². The van der Waals surface area contributed by atoms with Crippen molar-refractivity contribution >= 4 is 28.5 Å². The van der Waals surface area contributed by atoms with Crippen LogP contribution in [0.25, 0.3) is 22.2 Å². The highest BCUT2D eigenvalue weighted by atomic mass is 32.2. The Kier molecular flexibility index (Phi) is 6.65. The van der Waals surface area contributed by atoms with Gasteiger partial charge in [0.1, 0.15) is 17.3 Å². The van der Waals surface area contributed by atoms with Gasteiger partial charge in [-0.2, -0.15) is 18.2 Å². The molecule has 1 saturated heterocycles. The normalized spacial score (nSPS) is 22.4. The second-order valence-corrected chi connectivity index (χ2v) is 10.4. The molecule has 0 amide bonds. The molecule has 1 fully saturated rings. The van der Waals surface area contributed by atoms with Gasteiger partial charge in [-0.15, -0.1) is 11.8 Å². The summed E-state index contributed by atoms with van der Waals surface area (Å²) in [5.41, 5.74) is -2.76. The minimum Gasteiger partial charge on any atom is -0.379 e. The molecule has 0 saturated carbocycles. The van der Waals surface area contributed by atoms with Gasteiger partial charge in [-0.05, 0) is 19.9 Å². The average molecular weight is 542 g/mol. The molecular weight excluding hydrogens is 517 g/mol. The maximum atomic E-state index is 14.9. The molecule has 4 heterocycles. The van der Waals surface area contributed by atoms with Crippen LogP contribution in [-0.2, 0) is 17.5 Å². The first-order chi connectivity index (χ1) is 17.5. The van der Waals surface area contributed by atoms with Gasteiger partial charge in [-0.3, -0.25) is 9.55 Å². The molecule has 0 bridgehead atoms. The van der Waals surface area contributed by atoms with E-state index in [0.717, 1.165) is 17.8 Å². The molecule has 2 aliphatic rings. The number of hydrogen-bond donors (Lipinski definition) is 1. The van der Waals surface area contributed by atoms with Crippen molar-refractivity contribution in [2.75, 3.05) is 30.9 Å². The molecule has 0 radical (unpaired) electrons. The molecular formula is C24H24F5N5O2S. The summed E-state index contributed by atoms with van der Waals surface area (Å²) in [6.07, 6.45) is -4.75. The Balaban J connectivity index is 1.91. The number of nitrogens with one attached hydrogen (secondary N) is 1. The van der Waals surface area contributed by atoms with Crippen molar-refractivity contribution < 1.29 is 26.7 Å². The van der Waals surface area contributed by atoms with Crippen molar-refractivity contribution in [3.63, 3.8) is 0 Å². The van der Waals surface area contributed by atoms with Crippen LogP contribution in [0.2, 0.25) is 0 Å². The number of nitrogens with zero attached hydrogens (tertiary/aromatic N) is 4. The van der Waals surface area contributed by atoms with E-state index in [-0.39, 0.29) is 46.0 Å². The first-order valence-electron chi connectivity index (χ1n) is 11.6. The molecule has 5 rings (SSSR count). The third-order valence-corrected chi connectivity index (χ3v) is 7.76. The van der Waals surface area contributed by atoms with E-state index in [1.807, 2.05) is 13.8 Å². The molecule has 1 aromatic carbocycles. The number of thioether (sulfide) groups is 1. The SMILES string of the molecule is CO[C@@H]1CSc2c(-c3ncc(F)cc3F)c(C(F)(F)F)cc3c(N4C[C@@H](C)N[C@@H](C)C4)nc(=O)n(c23)C1. The molecule has 0 aliphatic carbocycles. The van der Waals surface area contributed by atoms with Crippen LogP contribution in [0.3, 0.4) is 0 Å². The van der Waals surface area contributed by atoms with Gasteiger partial charge in [0.15, 0.2) is 5.82 Å². The summed E-state index contributed by atoms with van der Waals surface area (Å²) < 4.78 is 79.0. The molecule has 1 N–H and O–H groups in total. The van der Waals surface area contributed by atoms with Crippen LogP contribution < -0.4 is 15.9 Å². The largest absolute Gasteiger partial charge is 0.417 e. The van der Waals surface area contributed by atoms with Gasteiger partial charge in [-0.1, -0.05) is 0 Å². The number of alkyl halides is 3. The van der Waals surface area contributed by atoms with E-state index in [2.05, 4.69) is 15.3 Å². The topological polar surface area (TPSA) is 72.3 Å². The van der Waals surface area contributed by atoms with Gasteiger partial charge in [0.25, 0.3) is 0 Å². The van der Waals surface area contributed by atoms with E-state index in [4.69, 9.17) is 4.74 Å². The lowest BCUT2D eigenvalue weighted by molar-refractivity contribution is -0.137. The zero-order valence-electron chi connectivity index (χ0n) is 20.2. The highest BCUT2D eigenvalue weighted by molar-refractivity contribution is 7.99. The van der Waals surface area contributed by atoms with Crippen LogP contribution in [-0.4, -0.2) is 58.7 Å². The summed E-state index contributed by atoms with van der Waals surface area (Å²) in [6.45, 7) is 4.78. The molecule has 3 atom stereocenters. The first-order valence-corrected chi connectivity index (χ1v) is 12.6. The quantitative estimate of drug-likeness (QED) is 0.502. The van der Waals surface area contributed by atoms with E-state index in [1.165, 1.54) is 11.7 Å². The van der Waals surface area contributed by atoms with Crippen LogP contribution in [0.4, 0.5) is 27.8 Å². The number of piperazine rings is 1. The van der Waals surface area contributed by atoms with Crippen LogP contribution in [0.1, 0.15) is 19.4 Å². The van der Waals surface area contributed by atoms with Gasteiger partial charge in [0.2, 0.25) is 0 Å². The summed E-state index contributed by atoms with van der Waals surface area (Å²) in [6, 6.07) is 1.41. The van der Waals surface area contributed by atoms with Gasteiger partial charge < -0.3 is 15.0 Å². The zero-order valence-corrected chi connectivity index (χ0v) is 21.0. The number of anilines is 1. The minimum atomic E-state index is -4.90. The fourth-order valence-electron chi connectivity index (χ4n) is 5.08. The number of hydrogen-bond acceptors (Lipinski definition) is 7. The number of pyridine rings is 1. The zero-order chi connectivity index (χ0) is 26.6. The fraction of sp³-hybridized carbons (Fsp3) is 0.458. The Hall–Kier alpha value is -2.77. The van der Waals surface area contributed by atoms with E-state index in [9.17, 15) is 26.7 Å². The Morgan fingerprint density at radius 2 is 1.84 bits per heavy atom. The Bertz CT molecular complexity index is 1420. The number of aromatic nitrogens is 3. The van der Waals surface area contributed by atoms with Crippen molar-refractivity contribution in [2.24, 2.45) is 0 Å². The average Bonchev–Trinajstić information content (AvgIpc) is 3.01. The standard InChI is InChI=1S/C24H24F5N5O2S/c1-11-7-33(8-12(2)31-11)22-15-5-16(24(27,28)29)18(19-17(26)4-13(25)6-30-19)21-20(15)34(23(35)32-22)9-14(36-3)10-37-21/h4-6,11-12,14,31H,7-10H2,1-3H3/t11-,12+,14-/m0/s1. The second-order valence-electron chi connectivity index (χ2n) is 9.38. The number of methoxy groups -OCH3 is 1. The minimum absolute atomic E-state index is 0.00398. The first kappa shape index (κ1) is 25.9. The highest BCUT2D eigenvalue weighted by Gasteiger charge is 2.40. The highest BCUT2D eigenvalue weighted by Crippen LogP contribution is 2.48. The van der Waals surface area contributed by atoms with Crippen LogP contribution in [0.5, 0.6) is 0 Å². The Morgan fingerprint density at radius 1 is 1.14 bits per heavy atom. The van der Waals surface area contributed by atoms with Crippen molar-refractivity contribution in [3.8, 4) is 11.3 Å². The predicted octanol–water partition coefficient (Wildman–Crippen LogP) is 4.06. The fourth-order valence-corrected chi connectivity index (χ4v) is 6.38. The number of ether oxygens (including phenoxy) is 1. The third-order valence-electron chi connectivity index (χ3n) is 6.54. The third kappa shape index (κ3) is 4.68. The molecule has 3 aromatic rings. The van der Waals surface area contributed by atoms with Gasteiger partial charge >= 0.3 is 11.9 Å². The predicted molar refractivity (Wildman–Crippen MR) is 130 cm³/mol. The van der Waals surface area contributed by atoms with E-state index >= 15 is 0 Å². The molecule has 198 valence electrons. The van der Waals surface area contributed by atoms with E-state index < -0.39 is 46.4 Å². The van der Waals surface area contributed by atoms with Gasteiger partial charge in [0.05, 0.1) is 29.9 Å². The molecule has 2 aliphatic heterocycles. The monoisotopic (exact) mass is 541 g/mol. The summed E-state index contributed by atoms with van der Waals surface area (Å²) in [5.74, 6) is -1.92. The lowest BCUT2D eigenvalue weighted by Gasteiger charge is -2.37. The van der Waals surface area contributed by atoms with Crippen molar-refractivity contribution in [1.82, 2.24) is 19.9 Å². The van der Waals surface area contributed by atoms with Gasteiger partial charge in [-0.25, -0.2) is 13.6 Å². The molecule has 13 heteroatoms. The molecule has 2 aromatic heterocycles. The van der Waals surface area contributed by atoms with Crippen molar-refractivity contribution in [3.05, 3.63) is 46.0 Å². The lowest BCUT2D eigenvalue weighted by atomic mass is 9.98. The maximum Gasteiger partial charge on any atom is 0.417 e. The summed E-state index contributed by atoms with van der Waals surface area (Å²) in [7, 11) is 1.44. The smallest absolute Gasteiger partial charge is 0.379 e. The Morgan fingerprint density at radius 3 is 2.46 bits per heavy atom. The van der Waals surface area contributed by atoms with Gasteiger partial charge in [0, 0.05) is 59.9 Å². The van der Waals surface area contributed by atoms with Crippen LogP contribution >= 0.6 is 11.8 Å². The number of rotatable bonds is 3. The summed E-state index contributed by atoms with van der Waals surface area (Å²) in [4.78, 5) is 23.1. The van der Waals surface area contributed by atoms with Crippen molar-refractivity contribution in [2.45, 2.75) is 49.7 Å². The molecule has 0 unspecified atom stereocenters. The maximum absolute atomic E-state index is 14.9. The lowest BCUT2D eigenvalue weighted by Crippen LogP contribution is -2.55. The van der Waals surface area contributed by atoms with Crippen LogP contribution in [0.15, 0.2) is 28.0 Å². The molecule has 7 nitrogen and oxygen atoms in total. The van der Waals surface area contributed by atoms with E-state index in [1.54, 1.807) is 4.90 Å².